The third kappa shape index (κ3) is 8.65. The molecule has 3 N–H and O–H groups in total. The van der Waals surface area contributed by atoms with Crippen LogP contribution in [0.4, 0.5) is 0 Å². The molecule has 0 aromatic heterocycles. The first kappa shape index (κ1) is 23.1. The van der Waals surface area contributed by atoms with E-state index in [4.69, 9.17) is 0 Å². The second kappa shape index (κ2) is 13.3. The third-order valence-corrected chi connectivity index (χ3v) is 5.47. The summed E-state index contributed by atoms with van der Waals surface area (Å²) in [5.74, 6) is -0.112. The van der Waals surface area contributed by atoms with Crippen molar-refractivity contribution in [1.82, 2.24) is 0 Å². The number of aliphatic hydroxyl groups excluding tert-OH is 3. The van der Waals surface area contributed by atoms with E-state index in [1.165, 1.54) is 7.11 Å². The van der Waals surface area contributed by atoms with Crippen LogP contribution in [0.2, 0.25) is 0 Å². The van der Waals surface area contributed by atoms with E-state index in [9.17, 15) is 20.1 Å². The predicted molar refractivity (Wildman–Crippen MR) is 103 cm³/mol. The molecule has 0 heterocycles. The molecule has 0 spiro atoms. The zero-order valence-corrected chi connectivity index (χ0v) is 16.5. The van der Waals surface area contributed by atoms with Gasteiger partial charge in [-0.3, -0.25) is 4.79 Å². The molecule has 1 saturated carbocycles. The van der Waals surface area contributed by atoms with E-state index in [0.717, 1.165) is 51.4 Å². The van der Waals surface area contributed by atoms with Crippen LogP contribution in [-0.4, -0.2) is 46.7 Å². The molecular formula is C21H38O5. The quantitative estimate of drug-likeness (QED) is 0.263. The van der Waals surface area contributed by atoms with Gasteiger partial charge in [-0.2, -0.15) is 0 Å². The molecular weight excluding hydrogens is 332 g/mol. The molecule has 1 rings (SSSR count). The number of carbonyl (C=O) groups is 1. The molecule has 5 heteroatoms. The molecule has 1 aliphatic rings. The van der Waals surface area contributed by atoms with Crippen molar-refractivity contribution in [3.05, 3.63) is 12.2 Å². The van der Waals surface area contributed by atoms with Crippen molar-refractivity contribution in [3.63, 3.8) is 0 Å². The monoisotopic (exact) mass is 370 g/mol. The van der Waals surface area contributed by atoms with Crippen molar-refractivity contribution in [2.75, 3.05) is 7.11 Å². The normalized spacial score (nSPS) is 27.1. The lowest BCUT2D eigenvalue weighted by Crippen LogP contribution is -2.20. The van der Waals surface area contributed by atoms with E-state index in [-0.39, 0.29) is 23.9 Å². The Morgan fingerprint density at radius 2 is 1.88 bits per heavy atom. The van der Waals surface area contributed by atoms with Crippen LogP contribution in [0.25, 0.3) is 0 Å². The zero-order valence-electron chi connectivity index (χ0n) is 16.5. The number of aliphatic hydroxyl groups is 3. The second-order valence-electron chi connectivity index (χ2n) is 7.60. The fourth-order valence-corrected chi connectivity index (χ4v) is 3.83. The average molecular weight is 371 g/mol. The number of esters is 1. The summed E-state index contributed by atoms with van der Waals surface area (Å²) < 4.78 is 4.63. The first-order valence-corrected chi connectivity index (χ1v) is 10.3. The molecule has 152 valence electrons. The van der Waals surface area contributed by atoms with Gasteiger partial charge in [0.05, 0.1) is 25.4 Å². The van der Waals surface area contributed by atoms with Gasteiger partial charge in [0.2, 0.25) is 0 Å². The van der Waals surface area contributed by atoms with Crippen LogP contribution in [0.5, 0.6) is 0 Å². The van der Waals surface area contributed by atoms with Crippen LogP contribution in [-0.2, 0) is 9.53 Å². The zero-order chi connectivity index (χ0) is 19.4. The summed E-state index contributed by atoms with van der Waals surface area (Å²) in [4.78, 5) is 11.1. The van der Waals surface area contributed by atoms with Crippen molar-refractivity contribution >= 4 is 5.97 Å². The van der Waals surface area contributed by atoms with Crippen LogP contribution in [0.3, 0.4) is 0 Å². The molecule has 0 aliphatic heterocycles. The Balaban J connectivity index is 2.33. The predicted octanol–water partition coefficient (Wildman–Crippen LogP) is 3.36. The largest absolute Gasteiger partial charge is 0.469 e. The van der Waals surface area contributed by atoms with Crippen LogP contribution < -0.4 is 0 Å². The maximum atomic E-state index is 11.1. The van der Waals surface area contributed by atoms with E-state index in [1.807, 2.05) is 12.2 Å². The van der Waals surface area contributed by atoms with E-state index in [2.05, 4.69) is 11.7 Å². The Labute approximate surface area is 158 Å². The van der Waals surface area contributed by atoms with Gasteiger partial charge in [-0.25, -0.2) is 0 Å². The number of methoxy groups -OCH3 is 1. The number of ether oxygens (including phenoxy) is 1. The van der Waals surface area contributed by atoms with Gasteiger partial charge in [0, 0.05) is 18.8 Å². The number of rotatable bonds is 13. The topological polar surface area (TPSA) is 87.0 Å². The van der Waals surface area contributed by atoms with Gasteiger partial charge < -0.3 is 20.1 Å². The van der Waals surface area contributed by atoms with Gasteiger partial charge in [0.1, 0.15) is 0 Å². The van der Waals surface area contributed by atoms with Crippen molar-refractivity contribution in [3.8, 4) is 0 Å². The number of hydrogen-bond acceptors (Lipinski definition) is 5. The Kier molecular flexibility index (Phi) is 11.8. The van der Waals surface area contributed by atoms with E-state index < -0.39 is 12.2 Å². The minimum absolute atomic E-state index is 0.0292. The summed E-state index contributed by atoms with van der Waals surface area (Å²) in [6.45, 7) is 2.11. The number of carbonyl (C=O) groups excluding carboxylic acids is 1. The molecule has 5 unspecified atom stereocenters. The molecule has 0 radical (unpaired) electrons. The summed E-state index contributed by atoms with van der Waals surface area (Å²) in [6, 6.07) is 0. The van der Waals surface area contributed by atoms with Crippen molar-refractivity contribution in [2.24, 2.45) is 11.8 Å². The fourth-order valence-electron chi connectivity index (χ4n) is 3.83. The van der Waals surface area contributed by atoms with E-state index in [0.29, 0.717) is 19.3 Å². The number of unbranched alkanes of at least 4 members (excludes halogenated alkanes) is 4. The Hall–Kier alpha value is -0.910. The highest BCUT2D eigenvalue weighted by atomic mass is 16.5. The molecule has 0 aromatic carbocycles. The maximum Gasteiger partial charge on any atom is 0.305 e. The van der Waals surface area contributed by atoms with Crippen molar-refractivity contribution in [2.45, 2.75) is 95.9 Å². The summed E-state index contributed by atoms with van der Waals surface area (Å²) in [5.41, 5.74) is 0. The van der Waals surface area contributed by atoms with Gasteiger partial charge in [0.25, 0.3) is 0 Å². The molecule has 26 heavy (non-hydrogen) atoms. The molecule has 1 fully saturated rings. The van der Waals surface area contributed by atoms with Crippen LogP contribution in [0.15, 0.2) is 12.2 Å². The number of hydrogen-bond donors (Lipinski definition) is 3. The lowest BCUT2D eigenvalue weighted by Gasteiger charge is -2.21. The molecule has 0 aromatic rings. The van der Waals surface area contributed by atoms with Gasteiger partial charge in [-0.05, 0) is 31.6 Å². The Morgan fingerprint density at radius 3 is 2.58 bits per heavy atom. The average Bonchev–Trinajstić information content (AvgIpc) is 2.89. The fraction of sp³-hybridized carbons (Fsp3) is 0.857. The summed E-state index contributed by atoms with van der Waals surface area (Å²) in [6.07, 6.45) is 11.8. The second-order valence-corrected chi connectivity index (χ2v) is 7.60. The molecule has 0 amide bonds. The van der Waals surface area contributed by atoms with Crippen LogP contribution >= 0.6 is 0 Å². The highest BCUT2D eigenvalue weighted by molar-refractivity contribution is 5.68. The highest BCUT2D eigenvalue weighted by Gasteiger charge is 2.39. The molecule has 5 nitrogen and oxygen atoms in total. The lowest BCUT2D eigenvalue weighted by molar-refractivity contribution is -0.140. The smallest absolute Gasteiger partial charge is 0.305 e. The summed E-state index contributed by atoms with van der Waals surface area (Å²) in [7, 11) is 1.41. The summed E-state index contributed by atoms with van der Waals surface area (Å²) >= 11 is 0. The van der Waals surface area contributed by atoms with Gasteiger partial charge in [-0.1, -0.05) is 51.2 Å². The standard InChI is InChI=1S/C21H38O5/c1-3-4-10-16(22)11-9-13-18-17(19(23)15-20(18)24)12-7-5-6-8-14-21(25)26-2/h9,13,16-20,22-24H,3-8,10-12,14-15H2,1-2H3. The molecule has 1 aliphatic carbocycles. The molecule has 0 bridgehead atoms. The highest BCUT2D eigenvalue weighted by Crippen LogP contribution is 2.37. The first-order valence-electron chi connectivity index (χ1n) is 10.3. The van der Waals surface area contributed by atoms with Crippen molar-refractivity contribution in [1.29, 1.82) is 0 Å². The van der Waals surface area contributed by atoms with E-state index >= 15 is 0 Å². The summed E-state index contributed by atoms with van der Waals surface area (Å²) in [5, 5.41) is 30.4. The SMILES string of the molecule is CCCCC(O)CC=CC1C(O)CC(O)C1CCCCCCC(=O)OC. The van der Waals surface area contributed by atoms with Crippen LogP contribution in [0.1, 0.15) is 77.6 Å². The minimum atomic E-state index is -0.502. The van der Waals surface area contributed by atoms with Gasteiger partial charge >= 0.3 is 5.97 Å². The Morgan fingerprint density at radius 1 is 1.15 bits per heavy atom. The van der Waals surface area contributed by atoms with E-state index in [1.54, 1.807) is 0 Å². The van der Waals surface area contributed by atoms with Crippen LogP contribution in [0, 0.1) is 11.8 Å². The van der Waals surface area contributed by atoms with Crippen molar-refractivity contribution < 1.29 is 24.9 Å². The maximum absolute atomic E-state index is 11.1. The lowest BCUT2D eigenvalue weighted by atomic mass is 9.88. The van der Waals surface area contributed by atoms with Gasteiger partial charge in [0.15, 0.2) is 0 Å². The molecule has 5 atom stereocenters. The third-order valence-electron chi connectivity index (χ3n) is 5.47. The van der Waals surface area contributed by atoms with Gasteiger partial charge in [-0.15, -0.1) is 0 Å². The molecule has 0 saturated heterocycles. The Bertz CT molecular complexity index is 409. The first-order chi connectivity index (χ1) is 12.5. The minimum Gasteiger partial charge on any atom is -0.469 e.